The van der Waals surface area contributed by atoms with Gasteiger partial charge in [-0.15, -0.1) is 0 Å². The van der Waals surface area contributed by atoms with Gasteiger partial charge in [-0.1, -0.05) is 52.2 Å². The Labute approximate surface area is 99.9 Å². The highest BCUT2D eigenvalue weighted by Gasteiger charge is 2.41. The molecule has 92 valence electrons. The SMILES string of the molecule is CC1C=C2[C@H](C(C)CCCC2(C)C)[C@H](O)C1. The lowest BCUT2D eigenvalue weighted by atomic mass is 9.66. The largest absolute Gasteiger partial charge is 0.392 e. The lowest BCUT2D eigenvalue weighted by molar-refractivity contribution is 0.0632. The van der Waals surface area contributed by atoms with Crippen molar-refractivity contribution in [2.24, 2.45) is 23.2 Å². The molecule has 0 aromatic carbocycles. The second-order valence-electron chi connectivity index (χ2n) is 6.68. The van der Waals surface area contributed by atoms with Crippen molar-refractivity contribution >= 4 is 0 Å². The summed E-state index contributed by atoms with van der Waals surface area (Å²) in [6.07, 6.45) is 7.16. The molecule has 4 atom stereocenters. The Kier molecular flexibility index (Phi) is 3.18. The molecule has 16 heavy (non-hydrogen) atoms. The van der Waals surface area contributed by atoms with E-state index in [9.17, 15) is 5.11 Å². The van der Waals surface area contributed by atoms with E-state index in [1.807, 2.05) is 0 Å². The van der Waals surface area contributed by atoms with Crippen molar-refractivity contribution in [3.05, 3.63) is 11.6 Å². The Balaban J connectivity index is 2.39. The van der Waals surface area contributed by atoms with E-state index in [1.54, 1.807) is 5.57 Å². The van der Waals surface area contributed by atoms with Gasteiger partial charge < -0.3 is 5.11 Å². The number of rotatable bonds is 0. The zero-order valence-electron chi connectivity index (χ0n) is 11.2. The van der Waals surface area contributed by atoms with Gasteiger partial charge in [0.15, 0.2) is 0 Å². The molecule has 1 saturated carbocycles. The van der Waals surface area contributed by atoms with Crippen molar-refractivity contribution in [3.8, 4) is 0 Å². The van der Waals surface area contributed by atoms with Crippen molar-refractivity contribution in [1.82, 2.24) is 0 Å². The summed E-state index contributed by atoms with van der Waals surface area (Å²) in [5.74, 6) is 1.62. The number of hydrogen-bond donors (Lipinski definition) is 1. The summed E-state index contributed by atoms with van der Waals surface area (Å²) in [6.45, 7) is 9.26. The van der Waals surface area contributed by atoms with E-state index in [4.69, 9.17) is 0 Å². The molecule has 2 rings (SSSR count). The molecule has 1 fully saturated rings. The van der Waals surface area contributed by atoms with Crippen LogP contribution in [0.3, 0.4) is 0 Å². The Morgan fingerprint density at radius 2 is 2.00 bits per heavy atom. The topological polar surface area (TPSA) is 20.2 Å². The molecular formula is C15H26O. The minimum absolute atomic E-state index is 0.109. The Hall–Kier alpha value is -0.300. The van der Waals surface area contributed by atoms with Crippen molar-refractivity contribution in [2.45, 2.75) is 59.5 Å². The first kappa shape index (κ1) is 12.2. The quantitative estimate of drug-likeness (QED) is 0.618. The molecule has 0 aliphatic heterocycles. The van der Waals surface area contributed by atoms with Crippen LogP contribution in [-0.2, 0) is 0 Å². The van der Waals surface area contributed by atoms with E-state index >= 15 is 0 Å². The van der Waals surface area contributed by atoms with Crippen LogP contribution in [0.15, 0.2) is 11.6 Å². The van der Waals surface area contributed by atoms with Crippen LogP contribution >= 0.6 is 0 Å². The molecule has 1 nitrogen and oxygen atoms in total. The highest BCUT2D eigenvalue weighted by molar-refractivity contribution is 5.23. The van der Waals surface area contributed by atoms with E-state index < -0.39 is 0 Å². The lowest BCUT2D eigenvalue weighted by Crippen LogP contribution is -2.36. The lowest BCUT2D eigenvalue weighted by Gasteiger charge is -2.40. The maximum atomic E-state index is 10.4. The predicted molar refractivity (Wildman–Crippen MR) is 68.2 cm³/mol. The van der Waals surface area contributed by atoms with E-state index in [-0.39, 0.29) is 6.10 Å². The molecular weight excluding hydrogens is 196 g/mol. The van der Waals surface area contributed by atoms with Gasteiger partial charge in [0.05, 0.1) is 6.10 Å². The molecule has 0 aromatic heterocycles. The van der Waals surface area contributed by atoms with Crippen molar-refractivity contribution < 1.29 is 5.11 Å². The summed E-state index contributed by atoms with van der Waals surface area (Å²) >= 11 is 0. The molecule has 0 saturated heterocycles. The van der Waals surface area contributed by atoms with Crippen LogP contribution in [0.2, 0.25) is 0 Å². The first-order chi connectivity index (χ1) is 7.42. The number of aliphatic hydroxyl groups is 1. The minimum atomic E-state index is -0.109. The normalized spacial score (nSPS) is 43.2. The van der Waals surface area contributed by atoms with Gasteiger partial charge >= 0.3 is 0 Å². The van der Waals surface area contributed by atoms with E-state index in [1.165, 1.54) is 19.3 Å². The highest BCUT2D eigenvalue weighted by atomic mass is 16.3. The molecule has 0 aromatic rings. The summed E-state index contributed by atoms with van der Waals surface area (Å²) in [4.78, 5) is 0. The number of fused-ring (bicyclic) bond motifs is 1. The molecule has 0 bridgehead atoms. The van der Waals surface area contributed by atoms with E-state index in [0.717, 1.165) is 6.42 Å². The summed E-state index contributed by atoms with van der Waals surface area (Å²) in [5, 5.41) is 10.4. The fourth-order valence-electron chi connectivity index (χ4n) is 3.77. The summed E-state index contributed by atoms with van der Waals surface area (Å²) < 4.78 is 0. The first-order valence-electron chi connectivity index (χ1n) is 6.82. The molecule has 2 aliphatic rings. The Bertz CT molecular complexity index is 290. The minimum Gasteiger partial charge on any atom is -0.392 e. The third-order valence-electron chi connectivity index (χ3n) is 4.71. The number of aliphatic hydroxyl groups excluding tert-OH is 1. The zero-order valence-corrected chi connectivity index (χ0v) is 11.2. The van der Waals surface area contributed by atoms with Gasteiger partial charge in [-0.05, 0) is 30.1 Å². The van der Waals surface area contributed by atoms with Gasteiger partial charge in [-0.25, -0.2) is 0 Å². The van der Waals surface area contributed by atoms with Crippen LogP contribution < -0.4 is 0 Å². The number of allylic oxidation sites excluding steroid dienone is 1. The Morgan fingerprint density at radius 3 is 2.69 bits per heavy atom. The molecule has 1 heteroatoms. The molecule has 2 aliphatic carbocycles. The van der Waals surface area contributed by atoms with Crippen LogP contribution in [-0.4, -0.2) is 11.2 Å². The maximum absolute atomic E-state index is 10.4. The summed E-state index contributed by atoms with van der Waals surface area (Å²) in [6, 6.07) is 0. The molecule has 0 heterocycles. The van der Waals surface area contributed by atoms with E-state index in [0.29, 0.717) is 23.2 Å². The first-order valence-corrected chi connectivity index (χ1v) is 6.82. The molecule has 0 spiro atoms. The average molecular weight is 222 g/mol. The number of hydrogen-bond acceptors (Lipinski definition) is 1. The van der Waals surface area contributed by atoms with E-state index in [2.05, 4.69) is 33.8 Å². The predicted octanol–water partition coefficient (Wildman–Crippen LogP) is 3.78. The Morgan fingerprint density at radius 1 is 1.31 bits per heavy atom. The summed E-state index contributed by atoms with van der Waals surface area (Å²) in [7, 11) is 0. The van der Waals surface area contributed by atoms with Crippen LogP contribution in [0, 0.1) is 23.2 Å². The van der Waals surface area contributed by atoms with Crippen molar-refractivity contribution in [3.63, 3.8) is 0 Å². The van der Waals surface area contributed by atoms with Gasteiger partial charge in [-0.3, -0.25) is 0 Å². The fraction of sp³-hybridized carbons (Fsp3) is 0.867. The standard InChI is InChI=1S/C15H26O/c1-10-8-12-14(13(16)9-10)11(2)6-5-7-15(12,3)4/h8,10-11,13-14,16H,5-7,9H2,1-4H3/t10?,11?,13-,14+/m1/s1. The molecule has 0 amide bonds. The van der Waals surface area contributed by atoms with Crippen LogP contribution in [0.25, 0.3) is 0 Å². The molecule has 0 radical (unpaired) electrons. The third kappa shape index (κ3) is 2.07. The zero-order chi connectivity index (χ0) is 11.9. The van der Waals surface area contributed by atoms with Gasteiger partial charge in [0, 0.05) is 5.92 Å². The van der Waals surface area contributed by atoms with Gasteiger partial charge in [-0.2, -0.15) is 0 Å². The molecule has 1 N–H and O–H groups in total. The van der Waals surface area contributed by atoms with Crippen molar-refractivity contribution in [2.75, 3.05) is 0 Å². The van der Waals surface area contributed by atoms with Crippen LogP contribution in [0.4, 0.5) is 0 Å². The smallest absolute Gasteiger partial charge is 0.0613 e. The average Bonchev–Trinajstić information content (AvgIpc) is 2.25. The second-order valence-corrected chi connectivity index (χ2v) is 6.68. The summed E-state index contributed by atoms with van der Waals surface area (Å²) in [5.41, 5.74) is 1.84. The molecule has 2 unspecified atom stereocenters. The highest BCUT2D eigenvalue weighted by Crippen LogP contribution is 2.49. The van der Waals surface area contributed by atoms with Crippen molar-refractivity contribution in [1.29, 1.82) is 0 Å². The monoisotopic (exact) mass is 222 g/mol. The van der Waals surface area contributed by atoms with Crippen LogP contribution in [0.5, 0.6) is 0 Å². The van der Waals surface area contributed by atoms with Crippen LogP contribution in [0.1, 0.15) is 53.4 Å². The fourth-order valence-corrected chi connectivity index (χ4v) is 3.77. The third-order valence-corrected chi connectivity index (χ3v) is 4.71. The maximum Gasteiger partial charge on any atom is 0.0613 e. The van der Waals surface area contributed by atoms with Gasteiger partial charge in [0.2, 0.25) is 0 Å². The second kappa shape index (κ2) is 4.18. The van der Waals surface area contributed by atoms with Gasteiger partial charge in [0.1, 0.15) is 0 Å². The van der Waals surface area contributed by atoms with Gasteiger partial charge in [0.25, 0.3) is 0 Å².